The minimum atomic E-state index is -0.457. The first-order chi connectivity index (χ1) is 8.54. The number of hydrogen-bond acceptors (Lipinski definition) is 5. The highest BCUT2D eigenvalue weighted by Crippen LogP contribution is 2.19. The van der Waals surface area contributed by atoms with Gasteiger partial charge < -0.3 is 14.9 Å². The topological polar surface area (TPSA) is 75.4 Å². The molecule has 1 aromatic rings. The van der Waals surface area contributed by atoms with Crippen molar-refractivity contribution in [2.45, 2.75) is 39.0 Å². The summed E-state index contributed by atoms with van der Waals surface area (Å²) in [6, 6.07) is 0. The summed E-state index contributed by atoms with van der Waals surface area (Å²) in [5, 5.41) is 15.9. The molecule has 2 N–H and O–H groups in total. The van der Waals surface area contributed by atoms with Crippen molar-refractivity contribution in [3.05, 3.63) is 17.0 Å². The molecule has 0 bridgehead atoms. The number of rotatable bonds is 7. The van der Waals surface area contributed by atoms with Crippen molar-refractivity contribution in [2.75, 3.05) is 12.3 Å². The second-order valence-corrected chi connectivity index (χ2v) is 5.15. The first-order valence-corrected chi connectivity index (χ1v) is 7.14. The average Bonchev–Trinajstić information content (AvgIpc) is 2.67. The lowest BCUT2D eigenvalue weighted by atomic mass is 10.2. The largest absolute Gasteiger partial charge is 0.391 e. The summed E-state index contributed by atoms with van der Waals surface area (Å²) in [6.45, 7) is 5.96. The summed E-state index contributed by atoms with van der Waals surface area (Å²) in [4.78, 5) is 11.5. The van der Waals surface area contributed by atoms with Crippen molar-refractivity contribution in [1.29, 1.82) is 0 Å². The number of thioether (sulfide) groups is 1. The van der Waals surface area contributed by atoms with Gasteiger partial charge in [0, 0.05) is 17.9 Å². The molecule has 1 amide bonds. The Morgan fingerprint density at radius 1 is 1.56 bits per heavy atom. The third-order valence-corrected chi connectivity index (χ3v) is 3.63. The van der Waals surface area contributed by atoms with E-state index in [-0.39, 0.29) is 5.91 Å². The van der Waals surface area contributed by atoms with E-state index in [0.717, 1.165) is 17.0 Å². The molecule has 1 atom stereocenters. The van der Waals surface area contributed by atoms with Gasteiger partial charge in [-0.25, -0.2) is 0 Å². The van der Waals surface area contributed by atoms with E-state index in [1.165, 1.54) is 11.8 Å². The number of nitrogens with one attached hydrogen (secondary N) is 1. The average molecular weight is 272 g/mol. The number of aliphatic hydroxyl groups excluding tert-OH is 1. The highest BCUT2D eigenvalue weighted by Gasteiger charge is 2.10. The second kappa shape index (κ2) is 7.43. The van der Waals surface area contributed by atoms with Gasteiger partial charge in [-0.2, -0.15) is 0 Å². The van der Waals surface area contributed by atoms with E-state index in [0.29, 0.717) is 24.5 Å². The summed E-state index contributed by atoms with van der Waals surface area (Å²) >= 11 is 1.51. The molecule has 18 heavy (non-hydrogen) atoms. The van der Waals surface area contributed by atoms with Crippen molar-refractivity contribution in [3.8, 4) is 0 Å². The molecule has 0 aliphatic rings. The number of hydrogen-bond donors (Lipinski definition) is 2. The number of nitrogens with zero attached hydrogens (tertiary/aromatic N) is 1. The molecule has 0 spiro atoms. The Bertz CT molecular complexity index is 373. The van der Waals surface area contributed by atoms with Crippen LogP contribution < -0.4 is 5.32 Å². The third-order valence-electron chi connectivity index (χ3n) is 2.67. The fraction of sp³-hybridized carbons (Fsp3) is 0.667. The molecular formula is C12H20N2O3S. The molecule has 102 valence electrons. The Labute approximate surface area is 111 Å². The van der Waals surface area contributed by atoms with Gasteiger partial charge in [0.1, 0.15) is 5.76 Å². The molecule has 0 radical (unpaired) electrons. The van der Waals surface area contributed by atoms with Gasteiger partial charge in [-0.3, -0.25) is 4.79 Å². The van der Waals surface area contributed by atoms with Crippen molar-refractivity contribution in [3.63, 3.8) is 0 Å². The molecular weight excluding hydrogens is 252 g/mol. The zero-order valence-electron chi connectivity index (χ0n) is 11.0. The van der Waals surface area contributed by atoms with Gasteiger partial charge in [-0.15, -0.1) is 11.8 Å². The lowest BCUT2D eigenvalue weighted by molar-refractivity contribution is -0.119. The molecule has 6 heteroatoms. The van der Waals surface area contributed by atoms with Gasteiger partial charge in [0.2, 0.25) is 5.91 Å². The Kier molecular flexibility index (Phi) is 6.21. The normalized spacial score (nSPS) is 12.4. The molecule has 5 nitrogen and oxygen atoms in total. The van der Waals surface area contributed by atoms with Crippen LogP contribution in [0.25, 0.3) is 0 Å². The van der Waals surface area contributed by atoms with Crippen LogP contribution in [0.3, 0.4) is 0 Å². The quantitative estimate of drug-likeness (QED) is 0.785. The number of carbonyl (C=O) groups excluding carboxylic acids is 1. The van der Waals surface area contributed by atoms with Crippen LogP contribution in [-0.4, -0.2) is 34.6 Å². The van der Waals surface area contributed by atoms with E-state index in [4.69, 9.17) is 4.52 Å². The van der Waals surface area contributed by atoms with Crippen LogP contribution in [-0.2, 0) is 10.5 Å². The van der Waals surface area contributed by atoms with Crippen LogP contribution in [0.5, 0.6) is 0 Å². The fourth-order valence-electron chi connectivity index (χ4n) is 1.38. The number of aryl methyl sites for hydroxylation is 2. The van der Waals surface area contributed by atoms with Gasteiger partial charge in [-0.1, -0.05) is 12.1 Å². The Morgan fingerprint density at radius 3 is 2.83 bits per heavy atom. The molecule has 1 heterocycles. The maximum absolute atomic E-state index is 11.5. The Morgan fingerprint density at radius 2 is 2.28 bits per heavy atom. The summed E-state index contributed by atoms with van der Waals surface area (Å²) in [7, 11) is 0. The number of amides is 1. The highest BCUT2D eigenvalue weighted by atomic mass is 32.2. The predicted molar refractivity (Wildman–Crippen MR) is 71.4 cm³/mol. The predicted octanol–water partition coefficient (Wildman–Crippen LogP) is 1.41. The monoisotopic (exact) mass is 272 g/mol. The zero-order valence-corrected chi connectivity index (χ0v) is 11.8. The Hall–Kier alpha value is -1.01. The molecule has 1 aromatic heterocycles. The van der Waals surface area contributed by atoms with Crippen LogP contribution >= 0.6 is 11.8 Å². The van der Waals surface area contributed by atoms with Crippen molar-refractivity contribution in [1.82, 2.24) is 10.5 Å². The lowest BCUT2D eigenvalue weighted by Crippen LogP contribution is -2.32. The summed E-state index contributed by atoms with van der Waals surface area (Å²) in [6.07, 6.45) is 0.188. The van der Waals surface area contributed by atoms with Gasteiger partial charge >= 0.3 is 0 Å². The third kappa shape index (κ3) is 4.70. The maximum Gasteiger partial charge on any atom is 0.230 e. The second-order valence-electron chi connectivity index (χ2n) is 4.16. The first-order valence-electron chi connectivity index (χ1n) is 5.98. The van der Waals surface area contributed by atoms with Crippen LogP contribution in [0, 0.1) is 13.8 Å². The summed E-state index contributed by atoms with van der Waals surface area (Å²) < 4.78 is 5.05. The van der Waals surface area contributed by atoms with E-state index in [2.05, 4.69) is 10.5 Å². The molecule has 0 aliphatic heterocycles. The maximum atomic E-state index is 11.5. The Balaban J connectivity index is 2.24. The zero-order chi connectivity index (χ0) is 13.5. The number of carbonyl (C=O) groups is 1. The molecule has 1 rings (SSSR count). The van der Waals surface area contributed by atoms with E-state index in [9.17, 15) is 9.90 Å². The standard InChI is InChI=1S/C12H20N2O3S/c1-4-10(15)5-13-12(16)7-18-6-11-8(2)14-17-9(11)3/h10,15H,4-7H2,1-3H3,(H,13,16). The van der Waals surface area contributed by atoms with Crippen LogP contribution in [0.1, 0.15) is 30.4 Å². The summed E-state index contributed by atoms with van der Waals surface area (Å²) in [5.41, 5.74) is 1.93. The van der Waals surface area contributed by atoms with Gasteiger partial charge in [0.15, 0.2) is 0 Å². The number of aliphatic hydroxyl groups is 1. The van der Waals surface area contributed by atoms with Crippen molar-refractivity contribution < 1.29 is 14.4 Å². The van der Waals surface area contributed by atoms with Crippen LogP contribution in [0.4, 0.5) is 0 Å². The number of aromatic nitrogens is 1. The molecule has 0 saturated carbocycles. The molecule has 0 aromatic carbocycles. The minimum absolute atomic E-state index is 0.0562. The van der Waals surface area contributed by atoms with E-state index >= 15 is 0 Å². The van der Waals surface area contributed by atoms with Gasteiger partial charge in [0.25, 0.3) is 0 Å². The smallest absolute Gasteiger partial charge is 0.230 e. The highest BCUT2D eigenvalue weighted by molar-refractivity contribution is 7.99. The van der Waals surface area contributed by atoms with E-state index in [1.807, 2.05) is 20.8 Å². The van der Waals surface area contributed by atoms with E-state index in [1.54, 1.807) is 0 Å². The van der Waals surface area contributed by atoms with Gasteiger partial charge in [0.05, 0.1) is 17.6 Å². The van der Waals surface area contributed by atoms with Crippen LogP contribution in [0.2, 0.25) is 0 Å². The van der Waals surface area contributed by atoms with Crippen molar-refractivity contribution in [2.24, 2.45) is 0 Å². The fourth-order valence-corrected chi connectivity index (χ4v) is 2.39. The minimum Gasteiger partial charge on any atom is -0.391 e. The molecule has 1 unspecified atom stereocenters. The lowest BCUT2D eigenvalue weighted by Gasteiger charge is -2.09. The van der Waals surface area contributed by atoms with Crippen molar-refractivity contribution >= 4 is 17.7 Å². The first kappa shape index (κ1) is 15.0. The molecule has 0 saturated heterocycles. The summed E-state index contributed by atoms with van der Waals surface area (Å²) in [5.74, 6) is 1.84. The van der Waals surface area contributed by atoms with Crippen LogP contribution in [0.15, 0.2) is 4.52 Å². The SMILES string of the molecule is CCC(O)CNC(=O)CSCc1c(C)noc1C. The van der Waals surface area contributed by atoms with Gasteiger partial charge in [-0.05, 0) is 20.3 Å². The van der Waals surface area contributed by atoms with E-state index < -0.39 is 6.10 Å². The molecule has 0 fully saturated rings. The molecule has 0 aliphatic carbocycles.